The highest BCUT2D eigenvalue weighted by Crippen LogP contribution is 2.27. The topological polar surface area (TPSA) is 87.9 Å². The molecule has 0 bridgehead atoms. The van der Waals surface area contributed by atoms with E-state index < -0.39 is 0 Å². The number of carbonyl (C=O) groups excluding carboxylic acids is 1. The molecular weight excluding hydrogens is 420 g/mol. The second-order valence-corrected chi connectivity index (χ2v) is 7.30. The molecule has 1 N–H and O–H groups in total. The van der Waals surface area contributed by atoms with Crippen molar-refractivity contribution in [3.63, 3.8) is 0 Å². The number of nitriles is 1. The fourth-order valence-corrected chi connectivity index (χ4v) is 3.42. The molecule has 1 aromatic carbocycles. The molecule has 6 nitrogen and oxygen atoms in total. The molecule has 1 aliphatic rings. The van der Waals surface area contributed by atoms with Gasteiger partial charge in [0.2, 0.25) is 0 Å². The number of rotatable bonds is 4. The summed E-state index contributed by atoms with van der Waals surface area (Å²) in [5.74, 6) is 0.495. The molecule has 1 amide bonds. The van der Waals surface area contributed by atoms with Gasteiger partial charge in [0.15, 0.2) is 10.8 Å². The van der Waals surface area contributed by atoms with Crippen molar-refractivity contribution in [2.45, 2.75) is 37.8 Å². The van der Waals surface area contributed by atoms with E-state index in [9.17, 15) is 4.79 Å². The molecule has 1 saturated carbocycles. The zero-order valence-electron chi connectivity index (χ0n) is 13.8. The highest BCUT2D eigenvalue weighted by Gasteiger charge is 2.24. The zero-order chi connectivity index (χ0) is 18.5. The number of hydrogen-bond donors (Lipinski definition) is 1. The molecule has 26 heavy (non-hydrogen) atoms. The van der Waals surface area contributed by atoms with Gasteiger partial charge in [-0.2, -0.15) is 5.26 Å². The number of benzene rings is 1. The molecule has 0 spiro atoms. The SMILES string of the molecule is N#Cc1ccc(O[C@H]2CC[C@H](NC(=O)c3ccc(Cl)nn3)CC2)cc1Br. The van der Waals surface area contributed by atoms with Gasteiger partial charge in [0.1, 0.15) is 11.8 Å². The third-order valence-corrected chi connectivity index (χ3v) is 5.10. The number of nitrogens with one attached hydrogen (secondary N) is 1. The third kappa shape index (κ3) is 4.71. The number of halogens is 2. The summed E-state index contributed by atoms with van der Waals surface area (Å²) in [4.78, 5) is 12.2. The molecule has 1 fully saturated rings. The van der Waals surface area contributed by atoms with Crippen LogP contribution in [-0.2, 0) is 0 Å². The van der Waals surface area contributed by atoms with E-state index in [2.05, 4.69) is 37.5 Å². The first kappa shape index (κ1) is 18.6. The average Bonchev–Trinajstić information content (AvgIpc) is 2.64. The fraction of sp³-hybridized carbons (Fsp3) is 0.333. The van der Waals surface area contributed by atoms with E-state index in [1.54, 1.807) is 24.3 Å². The van der Waals surface area contributed by atoms with Gasteiger partial charge in [-0.1, -0.05) is 11.6 Å². The van der Waals surface area contributed by atoms with Crippen LogP contribution in [0.2, 0.25) is 5.15 Å². The Bertz CT molecular complexity index is 830. The smallest absolute Gasteiger partial charge is 0.272 e. The number of carbonyl (C=O) groups is 1. The number of amides is 1. The van der Waals surface area contributed by atoms with Gasteiger partial charge >= 0.3 is 0 Å². The second kappa shape index (κ2) is 8.47. The first-order chi connectivity index (χ1) is 12.5. The van der Waals surface area contributed by atoms with Gasteiger partial charge in [-0.05, 0) is 71.9 Å². The first-order valence-electron chi connectivity index (χ1n) is 8.21. The van der Waals surface area contributed by atoms with Gasteiger partial charge < -0.3 is 10.1 Å². The summed E-state index contributed by atoms with van der Waals surface area (Å²) in [6.45, 7) is 0. The Balaban J connectivity index is 1.49. The van der Waals surface area contributed by atoms with Crippen molar-refractivity contribution < 1.29 is 9.53 Å². The molecule has 0 saturated heterocycles. The zero-order valence-corrected chi connectivity index (χ0v) is 16.1. The maximum absolute atomic E-state index is 12.2. The summed E-state index contributed by atoms with van der Waals surface area (Å²) in [6, 6.07) is 10.6. The Morgan fingerprint density at radius 1 is 1.23 bits per heavy atom. The molecule has 134 valence electrons. The monoisotopic (exact) mass is 434 g/mol. The lowest BCUT2D eigenvalue weighted by Crippen LogP contribution is -2.40. The van der Waals surface area contributed by atoms with Gasteiger partial charge in [0.25, 0.3) is 5.91 Å². The van der Waals surface area contributed by atoms with E-state index in [-0.39, 0.29) is 28.9 Å². The normalized spacial score (nSPS) is 19.4. The minimum atomic E-state index is -0.241. The van der Waals surface area contributed by atoms with Crippen LogP contribution in [0.15, 0.2) is 34.8 Å². The largest absolute Gasteiger partial charge is 0.490 e. The van der Waals surface area contributed by atoms with Crippen molar-refractivity contribution in [3.05, 3.63) is 51.2 Å². The van der Waals surface area contributed by atoms with Crippen molar-refractivity contribution in [1.82, 2.24) is 15.5 Å². The van der Waals surface area contributed by atoms with Crippen LogP contribution in [0.4, 0.5) is 0 Å². The number of aromatic nitrogens is 2. The second-order valence-electron chi connectivity index (χ2n) is 6.06. The summed E-state index contributed by atoms with van der Waals surface area (Å²) in [5, 5.41) is 19.7. The Morgan fingerprint density at radius 2 is 2.00 bits per heavy atom. The maximum atomic E-state index is 12.2. The molecule has 0 radical (unpaired) electrons. The molecular formula is C18H16BrClN4O2. The lowest BCUT2D eigenvalue weighted by molar-refractivity contribution is 0.0888. The van der Waals surface area contributed by atoms with Gasteiger partial charge in [-0.15, -0.1) is 10.2 Å². The van der Waals surface area contributed by atoms with Crippen LogP contribution in [0.1, 0.15) is 41.7 Å². The van der Waals surface area contributed by atoms with E-state index in [1.165, 1.54) is 0 Å². The minimum Gasteiger partial charge on any atom is -0.490 e. The van der Waals surface area contributed by atoms with Crippen molar-refractivity contribution in [2.75, 3.05) is 0 Å². The van der Waals surface area contributed by atoms with E-state index in [0.717, 1.165) is 35.9 Å². The first-order valence-corrected chi connectivity index (χ1v) is 9.38. The van der Waals surface area contributed by atoms with E-state index >= 15 is 0 Å². The molecule has 1 aliphatic carbocycles. The highest BCUT2D eigenvalue weighted by atomic mass is 79.9. The summed E-state index contributed by atoms with van der Waals surface area (Å²) in [5.41, 5.74) is 0.837. The average molecular weight is 436 g/mol. The Kier molecular flexibility index (Phi) is 6.07. The quantitative estimate of drug-likeness (QED) is 0.787. The van der Waals surface area contributed by atoms with Crippen molar-refractivity contribution in [2.24, 2.45) is 0 Å². The van der Waals surface area contributed by atoms with Crippen LogP contribution in [0.25, 0.3) is 0 Å². The van der Waals surface area contributed by atoms with Crippen LogP contribution in [0.5, 0.6) is 5.75 Å². The standard InChI is InChI=1S/C18H16BrClN4O2/c19-15-9-14(4-1-11(15)10-21)26-13-5-2-12(3-6-13)22-18(25)16-7-8-17(20)24-23-16/h1,4,7-9,12-13H,2-3,5-6H2,(H,22,25)/t12-,13-. The number of nitrogens with zero attached hydrogens (tertiary/aromatic N) is 3. The third-order valence-electron chi connectivity index (χ3n) is 4.24. The molecule has 1 heterocycles. The summed E-state index contributed by atoms with van der Waals surface area (Å²) < 4.78 is 6.72. The van der Waals surface area contributed by atoms with Crippen LogP contribution in [0, 0.1) is 11.3 Å². The van der Waals surface area contributed by atoms with Crippen LogP contribution >= 0.6 is 27.5 Å². The molecule has 1 aromatic heterocycles. The Morgan fingerprint density at radius 3 is 2.62 bits per heavy atom. The molecule has 0 aliphatic heterocycles. The van der Waals surface area contributed by atoms with Gasteiger partial charge in [0.05, 0.1) is 11.7 Å². The lowest BCUT2D eigenvalue weighted by Gasteiger charge is -2.29. The number of hydrogen-bond acceptors (Lipinski definition) is 5. The summed E-state index contributed by atoms with van der Waals surface area (Å²) in [6.07, 6.45) is 3.44. The van der Waals surface area contributed by atoms with Crippen molar-refractivity contribution in [3.8, 4) is 11.8 Å². The van der Waals surface area contributed by atoms with Crippen LogP contribution < -0.4 is 10.1 Å². The molecule has 0 atom stereocenters. The predicted molar refractivity (Wildman–Crippen MR) is 100 cm³/mol. The molecule has 8 heteroatoms. The molecule has 0 unspecified atom stereocenters. The van der Waals surface area contributed by atoms with Gasteiger partial charge in [0, 0.05) is 10.5 Å². The maximum Gasteiger partial charge on any atom is 0.272 e. The van der Waals surface area contributed by atoms with Crippen molar-refractivity contribution in [1.29, 1.82) is 5.26 Å². The Hall–Kier alpha value is -2.17. The lowest BCUT2D eigenvalue weighted by atomic mass is 9.93. The predicted octanol–water partition coefficient (Wildman–Crippen LogP) is 3.88. The minimum absolute atomic E-state index is 0.0903. The van der Waals surface area contributed by atoms with Crippen molar-refractivity contribution >= 4 is 33.4 Å². The summed E-state index contributed by atoms with van der Waals surface area (Å²) in [7, 11) is 0. The molecule has 2 aromatic rings. The highest BCUT2D eigenvalue weighted by molar-refractivity contribution is 9.10. The van der Waals surface area contributed by atoms with E-state index in [1.807, 2.05) is 6.07 Å². The fourth-order valence-electron chi connectivity index (χ4n) is 2.87. The Labute approximate surface area is 164 Å². The van der Waals surface area contributed by atoms with E-state index in [4.69, 9.17) is 21.6 Å². The van der Waals surface area contributed by atoms with Crippen LogP contribution in [0.3, 0.4) is 0 Å². The summed E-state index contributed by atoms with van der Waals surface area (Å²) >= 11 is 9.05. The molecule has 3 rings (SSSR count). The van der Waals surface area contributed by atoms with Gasteiger partial charge in [-0.3, -0.25) is 4.79 Å². The number of ether oxygens (including phenoxy) is 1. The van der Waals surface area contributed by atoms with Crippen LogP contribution in [-0.4, -0.2) is 28.3 Å². The van der Waals surface area contributed by atoms with E-state index in [0.29, 0.717) is 5.56 Å². The van der Waals surface area contributed by atoms with Gasteiger partial charge in [-0.25, -0.2) is 0 Å².